The molecule has 2 unspecified atom stereocenters. The number of pyridine rings is 1. The van der Waals surface area contributed by atoms with Crippen LogP contribution in [0, 0.1) is 0 Å². The highest BCUT2D eigenvalue weighted by atomic mass is 32.2. The zero-order valence-corrected chi connectivity index (χ0v) is 11.1. The van der Waals surface area contributed by atoms with Gasteiger partial charge in [-0.15, -0.1) is 11.8 Å². The molecule has 1 aromatic rings. The van der Waals surface area contributed by atoms with Crippen LogP contribution in [0.1, 0.15) is 19.3 Å². The lowest BCUT2D eigenvalue weighted by molar-refractivity contribution is -0.0769. The highest BCUT2D eigenvalue weighted by Crippen LogP contribution is 2.39. The summed E-state index contributed by atoms with van der Waals surface area (Å²) in [5.41, 5.74) is 6.34. The van der Waals surface area contributed by atoms with E-state index in [1.54, 1.807) is 6.20 Å². The number of nitrogen functional groups attached to an aromatic ring is 1. The van der Waals surface area contributed by atoms with Crippen LogP contribution in [0.4, 0.5) is 5.69 Å². The molecular weight excluding hydrogens is 248 g/mol. The number of nitrogens with zero attached hydrogens (tertiary/aromatic N) is 1. The lowest BCUT2D eigenvalue weighted by Gasteiger charge is -2.36. The summed E-state index contributed by atoms with van der Waals surface area (Å²) < 4.78 is 11.4. The summed E-state index contributed by atoms with van der Waals surface area (Å²) in [5.74, 6) is 0. The Morgan fingerprint density at radius 2 is 2.33 bits per heavy atom. The summed E-state index contributed by atoms with van der Waals surface area (Å²) in [7, 11) is 0. The number of rotatable bonds is 2. The Morgan fingerprint density at radius 1 is 1.39 bits per heavy atom. The van der Waals surface area contributed by atoms with Gasteiger partial charge in [-0.1, -0.05) is 0 Å². The Bertz CT molecular complexity index is 404. The van der Waals surface area contributed by atoms with E-state index in [9.17, 15) is 0 Å². The largest absolute Gasteiger partial charge is 0.397 e. The molecule has 0 bridgehead atoms. The summed E-state index contributed by atoms with van der Waals surface area (Å²) in [6, 6.07) is 3.90. The third-order valence-electron chi connectivity index (χ3n) is 3.56. The van der Waals surface area contributed by atoms with Gasteiger partial charge in [0.05, 0.1) is 29.1 Å². The van der Waals surface area contributed by atoms with Crippen LogP contribution in [0.15, 0.2) is 23.4 Å². The monoisotopic (exact) mass is 266 g/mol. The standard InChI is InChI=1S/C13H18N2O2S/c14-10-1-2-12(15-8-10)18-11-3-5-17-13(7-11)4-6-16-9-13/h1-2,8,11H,3-7,9,14H2. The van der Waals surface area contributed by atoms with E-state index in [0.717, 1.165) is 44.1 Å². The molecule has 18 heavy (non-hydrogen) atoms. The number of aromatic nitrogens is 1. The van der Waals surface area contributed by atoms with Crippen LogP contribution in [0.3, 0.4) is 0 Å². The topological polar surface area (TPSA) is 57.4 Å². The van der Waals surface area contributed by atoms with E-state index in [4.69, 9.17) is 15.2 Å². The quantitative estimate of drug-likeness (QED) is 0.888. The minimum atomic E-state index is -0.0241. The van der Waals surface area contributed by atoms with Crippen LogP contribution in [-0.2, 0) is 9.47 Å². The highest BCUT2D eigenvalue weighted by Gasteiger charge is 2.41. The van der Waals surface area contributed by atoms with E-state index in [1.807, 2.05) is 23.9 Å². The average Bonchev–Trinajstić information content (AvgIpc) is 2.80. The molecule has 2 N–H and O–H groups in total. The molecule has 0 aromatic carbocycles. The maximum absolute atomic E-state index is 5.93. The number of hydrogen-bond acceptors (Lipinski definition) is 5. The highest BCUT2D eigenvalue weighted by molar-refractivity contribution is 7.99. The molecule has 1 aromatic heterocycles. The van der Waals surface area contributed by atoms with Crippen molar-refractivity contribution >= 4 is 17.4 Å². The summed E-state index contributed by atoms with van der Waals surface area (Å²) in [4.78, 5) is 4.35. The van der Waals surface area contributed by atoms with Gasteiger partial charge in [0.25, 0.3) is 0 Å². The van der Waals surface area contributed by atoms with Gasteiger partial charge in [0.15, 0.2) is 0 Å². The predicted octanol–water partition coefficient (Wildman–Crippen LogP) is 2.09. The Labute approximate surface area is 111 Å². The normalized spacial score (nSPS) is 31.9. The van der Waals surface area contributed by atoms with Crippen molar-refractivity contribution in [1.29, 1.82) is 0 Å². The molecule has 3 heterocycles. The Balaban J connectivity index is 1.64. The second kappa shape index (κ2) is 5.07. The van der Waals surface area contributed by atoms with Crippen molar-refractivity contribution in [3.05, 3.63) is 18.3 Å². The van der Waals surface area contributed by atoms with Gasteiger partial charge in [0.2, 0.25) is 0 Å². The second-order valence-corrected chi connectivity index (χ2v) is 6.32. The van der Waals surface area contributed by atoms with Crippen molar-refractivity contribution in [2.24, 2.45) is 0 Å². The Hall–Kier alpha value is -0.780. The molecule has 3 rings (SSSR count). The van der Waals surface area contributed by atoms with Crippen molar-refractivity contribution in [3.63, 3.8) is 0 Å². The van der Waals surface area contributed by atoms with E-state index in [1.165, 1.54) is 0 Å². The number of nitrogens with two attached hydrogens (primary N) is 1. The van der Waals surface area contributed by atoms with Gasteiger partial charge in [0, 0.05) is 24.9 Å². The minimum Gasteiger partial charge on any atom is -0.397 e. The van der Waals surface area contributed by atoms with E-state index in [2.05, 4.69) is 4.98 Å². The molecule has 2 saturated heterocycles. The van der Waals surface area contributed by atoms with Crippen LogP contribution in [0.25, 0.3) is 0 Å². The van der Waals surface area contributed by atoms with Gasteiger partial charge in [0.1, 0.15) is 0 Å². The molecular formula is C13H18N2O2S. The van der Waals surface area contributed by atoms with E-state index < -0.39 is 0 Å². The summed E-state index contributed by atoms with van der Waals surface area (Å²) in [5, 5.41) is 1.61. The van der Waals surface area contributed by atoms with E-state index in [0.29, 0.717) is 10.9 Å². The number of anilines is 1. The summed E-state index contributed by atoms with van der Waals surface area (Å²) >= 11 is 1.83. The number of hydrogen-bond donors (Lipinski definition) is 1. The first-order chi connectivity index (χ1) is 8.76. The number of thioether (sulfide) groups is 1. The fourth-order valence-electron chi connectivity index (χ4n) is 2.58. The van der Waals surface area contributed by atoms with Crippen molar-refractivity contribution in [3.8, 4) is 0 Å². The molecule has 0 saturated carbocycles. The first kappa shape index (κ1) is 12.3. The molecule has 1 spiro atoms. The molecule has 2 aliphatic heterocycles. The van der Waals surface area contributed by atoms with Crippen molar-refractivity contribution < 1.29 is 9.47 Å². The predicted molar refractivity (Wildman–Crippen MR) is 71.6 cm³/mol. The third-order valence-corrected chi connectivity index (χ3v) is 4.78. The van der Waals surface area contributed by atoms with Crippen LogP contribution in [0.5, 0.6) is 0 Å². The molecule has 2 fully saturated rings. The average molecular weight is 266 g/mol. The van der Waals surface area contributed by atoms with E-state index in [-0.39, 0.29) is 5.60 Å². The maximum Gasteiger partial charge on any atom is 0.0964 e. The maximum atomic E-state index is 5.93. The smallest absolute Gasteiger partial charge is 0.0964 e. The molecule has 0 amide bonds. The molecule has 5 heteroatoms. The van der Waals surface area contributed by atoms with Crippen molar-refractivity contribution in [1.82, 2.24) is 4.98 Å². The SMILES string of the molecule is Nc1ccc(SC2CCOC3(CCOC3)C2)nc1. The zero-order chi connectivity index (χ0) is 12.4. The van der Waals surface area contributed by atoms with Gasteiger partial charge in [-0.05, 0) is 25.0 Å². The molecule has 2 aliphatic rings. The van der Waals surface area contributed by atoms with Crippen LogP contribution >= 0.6 is 11.8 Å². The fourth-order valence-corrected chi connectivity index (χ4v) is 3.78. The van der Waals surface area contributed by atoms with E-state index >= 15 is 0 Å². The van der Waals surface area contributed by atoms with Crippen LogP contribution in [-0.4, -0.2) is 35.7 Å². The molecule has 4 nitrogen and oxygen atoms in total. The first-order valence-corrected chi connectivity index (χ1v) is 7.24. The van der Waals surface area contributed by atoms with Gasteiger partial charge in [-0.2, -0.15) is 0 Å². The fraction of sp³-hybridized carbons (Fsp3) is 0.615. The molecule has 0 aliphatic carbocycles. The van der Waals surface area contributed by atoms with Crippen molar-refractivity contribution in [2.75, 3.05) is 25.6 Å². The molecule has 98 valence electrons. The summed E-state index contributed by atoms with van der Waals surface area (Å²) in [6.45, 7) is 2.41. The lowest BCUT2D eigenvalue weighted by Crippen LogP contribution is -2.41. The van der Waals surface area contributed by atoms with Crippen molar-refractivity contribution in [2.45, 2.75) is 35.1 Å². The van der Waals surface area contributed by atoms with Crippen LogP contribution < -0.4 is 5.73 Å². The third kappa shape index (κ3) is 2.63. The van der Waals surface area contributed by atoms with Crippen LogP contribution in [0.2, 0.25) is 0 Å². The lowest BCUT2D eigenvalue weighted by atomic mass is 9.93. The van der Waals surface area contributed by atoms with Gasteiger partial charge < -0.3 is 15.2 Å². The van der Waals surface area contributed by atoms with Gasteiger partial charge in [-0.3, -0.25) is 0 Å². The second-order valence-electron chi connectivity index (χ2n) is 5.00. The molecule has 2 atom stereocenters. The Morgan fingerprint density at radius 3 is 3.06 bits per heavy atom. The number of ether oxygens (including phenoxy) is 2. The Kier molecular flexibility index (Phi) is 3.46. The van der Waals surface area contributed by atoms with Gasteiger partial charge >= 0.3 is 0 Å². The summed E-state index contributed by atoms with van der Waals surface area (Å²) in [6.07, 6.45) is 4.89. The first-order valence-electron chi connectivity index (χ1n) is 6.36. The van der Waals surface area contributed by atoms with Gasteiger partial charge in [-0.25, -0.2) is 4.98 Å². The zero-order valence-electron chi connectivity index (χ0n) is 10.3. The minimum absolute atomic E-state index is 0.0241. The molecule has 0 radical (unpaired) electrons.